The van der Waals surface area contributed by atoms with Crippen LogP contribution in [0.25, 0.3) is 0 Å². The van der Waals surface area contributed by atoms with Gasteiger partial charge in [0.15, 0.2) is 0 Å². The number of anilines is 2. The van der Waals surface area contributed by atoms with Gasteiger partial charge < -0.3 is 20.8 Å². The van der Waals surface area contributed by atoms with Gasteiger partial charge in [-0.3, -0.25) is 9.59 Å². The molecule has 10 heteroatoms. The topological polar surface area (TPSA) is 139 Å². The van der Waals surface area contributed by atoms with Crippen molar-refractivity contribution in [2.45, 2.75) is 7.43 Å². The van der Waals surface area contributed by atoms with E-state index in [1.807, 2.05) is 0 Å². The third kappa shape index (κ3) is 5.60. The van der Waals surface area contributed by atoms with Gasteiger partial charge in [-0.1, -0.05) is 7.43 Å². The van der Waals surface area contributed by atoms with E-state index in [9.17, 15) is 30.2 Å². The molecule has 0 saturated heterocycles. The summed E-state index contributed by atoms with van der Waals surface area (Å²) in [5.74, 6) is -1.97. The Morgan fingerprint density at radius 3 is 1.30 bits per heavy atom. The van der Waals surface area contributed by atoms with Crippen molar-refractivity contribution in [2.75, 3.05) is 65.0 Å². The molecule has 180 valence electrons. The molecule has 0 aromatic heterocycles. The first-order chi connectivity index (χ1) is 14.8. The fourth-order valence-corrected chi connectivity index (χ4v) is 3.59. The molecule has 3 rings (SSSR count). The Morgan fingerprint density at radius 1 is 0.667 bits per heavy atom. The number of nitrogens with zero attached hydrogens (tertiary/aromatic N) is 2. The molecule has 0 atom stereocenters. The van der Waals surface area contributed by atoms with E-state index in [0.717, 1.165) is 0 Å². The second-order valence-corrected chi connectivity index (χ2v) is 8.97. The number of phenolic OH excluding ortho intramolecular Hbond substituents is 2. The quantitative estimate of drug-likeness (QED) is 0.170. The van der Waals surface area contributed by atoms with E-state index in [1.54, 1.807) is 40.3 Å². The van der Waals surface area contributed by atoms with Gasteiger partial charge in [0, 0.05) is 11.4 Å². The number of hydroxylamine groups is 6. The normalized spacial score (nSPS) is 13.2. The van der Waals surface area contributed by atoms with Crippen LogP contribution in [-0.2, 0) is 0 Å². The van der Waals surface area contributed by atoms with Crippen molar-refractivity contribution in [1.29, 1.82) is 0 Å². The monoisotopic (exact) mass is 462 g/mol. The van der Waals surface area contributed by atoms with Crippen LogP contribution in [-0.4, -0.2) is 95.9 Å². The molecule has 33 heavy (non-hydrogen) atoms. The van der Waals surface area contributed by atoms with Gasteiger partial charge in [-0.25, -0.2) is 10.4 Å². The fourth-order valence-electron chi connectivity index (χ4n) is 3.59. The molecule has 2 aromatic rings. The largest absolute Gasteiger partial charge is 0.507 e. The van der Waals surface area contributed by atoms with Gasteiger partial charge in [-0.05, 0) is 24.3 Å². The standard InChI is InChI=1S/C22H28N4O6.CH4/c1-25(2,31)11-9-23-13-5-6-14(24-10-12-26(3,4)32)18-17(13)21(29)19-15(27)7-8-16(28)20(19)22(18)30;/h5-8,31-32H,9-12H2,1-4H3,(H2-2,23,24,27,28,29,30);1H4/p+2. The molecule has 2 aromatic carbocycles. The molecule has 0 spiro atoms. The Kier molecular flexibility index (Phi) is 7.39. The Hall–Kier alpha value is -3.18. The van der Waals surface area contributed by atoms with Crippen LogP contribution >= 0.6 is 0 Å². The van der Waals surface area contributed by atoms with Crippen molar-refractivity contribution in [3.63, 3.8) is 0 Å². The summed E-state index contributed by atoms with van der Waals surface area (Å²) in [7, 11) is 6.43. The Labute approximate surface area is 193 Å². The first-order valence-electron chi connectivity index (χ1n) is 10.2. The van der Waals surface area contributed by atoms with Gasteiger partial charge in [0.25, 0.3) is 0 Å². The third-order valence-corrected chi connectivity index (χ3v) is 5.22. The molecule has 0 bridgehead atoms. The van der Waals surface area contributed by atoms with Crippen LogP contribution in [0.15, 0.2) is 24.3 Å². The van der Waals surface area contributed by atoms with Crippen LogP contribution in [0.2, 0.25) is 0 Å². The van der Waals surface area contributed by atoms with Gasteiger partial charge >= 0.3 is 0 Å². The van der Waals surface area contributed by atoms with Gasteiger partial charge in [0.05, 0.1) is 63.5 Å². The number of fused-ring (bicyclic) bond motifs is 2. The molecule has 1 aliphatic carbocycles. The number of carbonyl (C=O) groups is 2. The van der Waals surface area contributed by atoms with Crippen molar-refractivity contribution in [1.82, 2.24) is 0 Å². The molecule has 10 nitrogen and oxygen atoms in total. The summed E-state index contributed by atoms with van der Waals surface area (Å²) in [5.41, 5.74) is 0.431. The van der Waals surface area contributed by atoms with E-state index >= 15 is 0 Å². The van der Waals surface area contributed by atoms with Crippen LogP contribution in [0.1, 0.15) is 39.3 Å². The summed E-state index contributed by atoms with van der Waals surface area (Å²) >= 11 is 0. The number of carbonyl (C=O) groups excluding carboxylic acids is 2. The van der Waals surface area contributed by atoms with Gasteiger partial charge in [0.1, 0.15) is 24.6 Å². The summed E-state index contributed by atoms with van der Waals surface area (Å²) < 4.78 is -0.567. The SMILES string of the molecule is C.C[N+](C)(O)CCNc1ccc(NCC[N+](C)(C)O)c2c1C(=O)c1c(O)ccc(O)c1C2=O. The van der Waals surface area contributed by atoms with E-state index in [0.29, 0.717) is 37.6 Å². The number of hydrogen-bond donors (Lipinski definition) is 6. The van der Waals surface area contributed by atoms with Crippen LogP contribution < -0.4 is 10.6 Å². The van der Waals surface area contributed by atoms with Crippen LogP contribution in [0.3, 0.4) is 0 Å². The second kappa shape index (κ2) is 9.36. The number of aromatic hydroxyl groups is 2. The summed E-state index contributed by atoms with van der Waals surface area (Å²) in [6.45, 7) is 1.31. The number of nitrogens with one attached hydrogen (secondary N) is 2. The number of likely N-dealkylation sites (N-methyl/N-ethyl adjacent to an activating group) is 2. The van der Waals surface area contributed by atoms with E-state index in [2.05, 4.69) is 10.6 Å². The van der Waals surface area contributed by atoms with Crippen molar-refractivity contribution in [3.05, 3.63) is 46.5 Å². The highest BCUT2D eigenvalue weighted by Gasteiger charge is 2.38. The van der Waals surface area contributed by atoms with Gasteiger partial charge in [-0.2, -0.15) is 9.29 Å². The fraction of sp³-hybridized carbons (Fsp3) is 0.391. The van der Waals surface area contributed by atoms with Crippen molar-refractivity contribution in [2.24, 2.45) is 0 Å². The second-order valence-electron chi connectivity index (χ2n) is 8.97. The molecule has 1 aliphatic rings. The Bertz CT molecular complexity index is 986. The number of rotatable bonds is 8. The third-order valence-electron chi connectivity index (χ3n) is 5.22. The lowest BCUT2D eigenvalue weighted by Gasteiger charge is -2.26. The highest BCUT2D eigenvalue weighted by Crippen LogP contribution is 2.42. The first kappa shape index (κ1) is 26.1. The number of phenols is 2. The minimum Gasteiger partial charge on any atom is -0.507 e. The van der Waals surface area contributed by atoms with Crippen LogP contribution in [0, 0.1) is 0 Å². The van der Waals surface area contributed by atoms with E-state index in [-0.39, 0.29) is 39.0 Å². The number of ketones is 2. The Balaban J connectivity index is 0.00000385. The van der Waals surface area contributed by atoms with Crippen LogP contribution in [0.5, 0.6) is 11.5 Å². The lowest BCUT2D eigenvalue weighted by molar-refractivity contribution is -1.07. The molecule has 0 unspecified atom stereocenters. The summed E-state index contributed by atoms with van der Waals surface area (Å²) in [6.07, 6.45) is 0. The van der Waals surface area contributed by atoms with Gasteiger partial charge in [-0.15, -0.1) is 0 Å². The summed E-state index contributed by atoms with van der Waals surface area (Å²) in [6, 6.07) is 5.64. The maximum atomic E-state index is 13.4. The summed E-state index contributed by atoms with van der Waals surface area (Å²) in [4.78, 5) is 26.8. The predicted octanol–water partition coefficient (Wildman–Crippen LogP) is 2.26. The maximum absolute atomic E-state index is 13.4. The van der Waals surface area contributed by atoms with E-state index < -0.39 is 23.1 Å². The minimum atomic E-state index is -0.592. The van der Waals surface area contributed by atoms with Crippen LogP contribution in [0.4, 0.5) is 11.4 Å². The highest BCUT2D eigenvalue weighted by molar-refractivity contribution is 6.33. The zero-order valence-electron chi connectivity index (χ0n) is 18.6. The molecule has 0 amide bonds. The highest BCUT2D eigenvalue weighted by atomic mass is 16.5. The van der Waals surface area contributed by atoms with Crippen molar-refractivity contribution < 1.29 is 39.5 Å². The lowest BCUT2D eigenvalue weighted by Crippen LogP contribution is -2.40. The zero-order chi connectivity index (χ0) is 23.8. The van der Waals surface area contributed by atoms with E-state index in [1.165, 1.54) is 12.1 Å². The zero-order valence-corrected chi connectivity index (χ0v) is 18.6. The molecule has 0 aliphatic heterocycles. The Morgan fingerprint density at radius 2 is 1.00 bits per heavy atom. The predicted molar refractivity (Wildman–Crippen MR) is 124 cm³/mol. The summed E-state index contributed by atoms with van der Waals surface area (Å²) in [5, 5.41) is 46.6. The number of benzene rings is 2. The molecule has 0 saturated carbocycles. The minimum absolute atomic E-state index is 0. The first-order valence-corrected chi connectivity index (χ1v) is 10.2. The molecule has 0 fully saturated rings. The average molecular weight is 463 g/mol. The lowest BCUT2D eigenvalue weighted by atomic mass is 9.81. The maximum Gasteiger partial charge on any atom is 0.200 e. The molecular formula is C23H34N4O6+2. The van der Waals surface area contributed by atoms with Gasteiger partial charge in [0.2, 0.25) is 11.6 Å². The van der Waals surface area contributed by atoms with E-state index in [4.69, 9.17) is 0 Å². The van der Waals surface area contributed by atoms with Crippen molar-refractivity contribution in [3.8, 4) is 11.5 Å². The molecule has 0 heterocycles. The molecule has 0 radical (unpaired) electrons. The van der Waals surface area contributed by atoms with Crippen molar-refractivity contribution >= 4 is 22.9 Å². The number of quaternary nitrogens is 2. The molecular weight excluding hydrogens is 428 g/mol. The average Bonchev–Trinajstić information content (AvgIpc) is 2.66. The smallest absolute Gasteiger partial charge is 0.200 e. The number of hydrogen-bond acceptors (Lipinski definition) is 8. The molecule has 6 N–H and O–H groups in total.